The van der Waals surface area contributed by atoms with Crippen molar-refractivity contribution in [2.24, 2.45) is 0 Å². The molecule has 0 aromatic rings. The molecule has 1 aliphatic heterocycles. The van der Waals surface area contributed by atoms with Crippen LogP contribution in [0, 0.1) is 0 Å². The highest BCUT2D eigenvalue weighted by Crippen LogP contribution is 2.31. The first kappa shape index (κ1) is 18.0. The molecule has 0 spiro atoms. The molecular formula is C18H36O2. The quantitative estimate of drug-likeness (QED) is 0.330. The molecule has 0 aliphatic carbocycles. The van der Waals surface area contributed by atoms with E-state index in [0.29, 0.717) is 18.8 Å². The van der Waals surface area contributed by atoms with Gasteiger partial charge in [-0.1, -0.05) is 77.6 Å². The largest absolute Gasteiger partial charge is 0.396 e. The molecule has 0 bridgehead atoms. The van der Waals surface area contributed by atoms with Crippen molar-refractivity contribution in [3.63, 3.8) is 0 Å². The molecule has 2 heteroatoms. The second-order valence-electron chi connectivity index (χ2n) is 6.40. The molecule has 0 aromatic heterocycles. The van der Waals surface area contributed by atoms with Crippen LogP contribution < -0.4 is 0 Å². The van der Waals surface area contributed by atoms with E-state index in [1.54, 1.807) is 0 Å². The fraction of sp³-hybridized carbons (Fsp3) is 1.00. The predicted molar refractivity (Wildman–Crippen MR) is 86.1 cm³/mol. The molecule has 0 amide bonds. The Labute approximate surface area is 126 Å². The number of aliphatic hydroxyl groups is 1. The number of epoxide rings is 1. The van der Waals surface area contributed by atoms with E-state index in [1.165, 1.54) is 77.0 Å². The van der Waals surface area contributed by atoms with E-state index in [9.17, 15) is 0 Å². The van der Waals surface area contributed by atoms with Gasteiger partial charge in [-0.15, -0.1) is 0 Å². The maximum atomic E-state index is 8.72. The lowest BCUT2D eigenvalue weighted by Gasteiger charge is -2.01. The molecule has 20 heavy (non-hydrogen) atoms. The summed E-state index contributed by atoms with van der Waals surface area (Å²) in [6, 6.07) is 0. The zero-order valence-corrected chi connectivity index (χ0v) is 13.6. The lowest BCUT2D eigenvalue weighted by molar-refractivity contribution is 0.280. The highest BCUT2D eigenvalue weighted by Gasteiger charge is 2.36. The highest BCUT2D eigenvalue weighted by molar-refractivity contribution is 4.84. The summed E-state index contributed by atoms with van der Waals surface area (Å²) in [6.07, 6.45) is 19.6. The summed E-state index contributed by atoms with van der Waals surface area (Å²) in [5.41, 5.74) is 0. The first-order valence-corrected chi connectivity index (χ1v) is 9.14. The lowest BCUT2D eigenvalue weighted by Crippen LogP contribution is -1.95. The first-order chi connectivity index (χ1) is 9.88. The molecule has 1 fully saturated rings. The summed E-state index contributed by atoms with van der Waals surface area (Å²) in [4.78, 5) is 0. The van der Waals surface area contributed by atoms with Crippen molar-refractivity contribution in [1.82, 2.24) is 0 Å². The molecule has 2 nitrogen and oxygen atoms in total. The Kier molecular flexibility index (Phi) is 11.4. The molecule has 0 aromatic carbocycles. The normalized spacial score (nSPS) is 21.3. The topological polar surface area (TPSA) is 32.8 Å². The number of unbranched alkanes of at least 4 members (excludes halogenated alkanes) is 10. The summed E-state index contributed by atoms with van der Waals surface area (Å²) in [5, 5.41) is 8.72. The Balaban J connectivity index is 1.73. The van der Waals surface area contributed by atoms with Crippen molar-refractivity contribution in [2.45, 2.75) is 109 Å². The van der Waals surface area contributed by atoms with E-state index in [2.05, 4.69) is 6.92 Å². The minimum Gasteiger partial charge on any atom is -0.396 e. The van der Waals surface area contributed by atoms with Crippen LogP contribution in [0.5, 0.6) is 0 Å². The highest BCUT2D eigenvalue weighted by atomic mass is 16.6. The standard InChI is InChI=1S/C18H36O2/c1-2-3-4-5-6-7-8-9-11-14-17-18(20-17)15-12-10-13-16-19/h17-19H,2-16H2,1H3/t17-,18-/m0/s1. The predicted octanol–water partition coefficient (Wildman–Crippen LogP) is 5.23. The second-order valence-corrected chi connectivity index (χ2v) is 6.40. The van der Waals surface area contributed by atoms with Crippen LogP contribution in [0.1, 0.15) is 96.8 Å². The molecule has 1 aliphatic rings. The summed E-state index contributed by atoms with van der Waals surface area (Å²) >= 11 is 0. The van der Waals surface area contributed by atoms with E-state index in [-0.39, 0.29) is 0 Å². The average Bonchev–Trinajstić information content (AvgIpc) is 3.20. The smallest absolute Gasteiger partial charge is 0.0841 e. The van der Waals surface area contributed by atoms with Gasteiger partial charge >= 0.3 is 0 Å². The van der Waals surface area contributed by atoms with Gasteiger partial charge in [-0.05, 0) is 19.3 Å². The average molecular weight is 284 g/mol. The van der Waals surface area contributed by atoms with E-state index in [1.807, 2.05) is 0 Å². The van der Waals surface area contributed by atoms with Gasteiger partial charge in [-0.3, -0.25) is 0 Å². The van der Waals surface area contributed by atoms with Crippen LogP contribution in [-0.4, -0.2) is 23.9 Å². The van der Waals surface area contributed by atoms with Gasteiger partial charge in [0.2, 0.25) is 0 Å². The van der Waals surface area contributed by atoms with Gasteiger partial charge < -0.3 is 9.84 Å². The first-order valence-electron chi connectivity index (χ1n) is 9.14. The monoisotopic (exact) mass is 284 g/mol. The third-order valence-corrected chi connectivity index (χ3v) is 4.43. The molecule has 0 radical (unpaired) electrons. The Hall–Kier alpha value is -0.0800. The van der Waals surface area contributed by atoms with Crippen molar-refractivity contribution < 1.29 is 9.84 Å². The zero-order chi connectivity index (χ0) is 14.5. The molecule has 1 heterocycles. The summed E-state index contributed by atoms with van der Waals surface area (Å²) in [6.45, 7) is 2.62. The Morgan fingerprint density at radius 2 is 1.10 bits per heavy atom. The van der Waals surface area contributed by atoms with Crippen LogP contribution in [0.25, 0.3) is 0 Å². The van der Waals surface area contributed by atoms with Gasteiger partial charge in [-0.2, -0.15) is 0 Å². The van der Waals surface area contributed by atoms with Crippen LogP contribution in [0.4, 0.5) is 0 Å². The van der Waals surface area contributed by atoms with Gasteiger partial charge in [0.25, 0.3) is 0 Å². The third-order valence-electron chi connectivity index (χ3n) is 4.43. The Morgan fingerprint density at radius 3 is 1.60 bits per heavy atom. The Morgan fingerprint density at radius 1 is 0.650 bits per heavy atom. The minimum atomic E-state index is 0.341. The molecule has 1 saturated heterocycles. The van der Waals surface area contributed by atoms with Crippen LogP contribution in [0.15, 0.2) is 0 Å². The molecular weight excluding hydrogens is 248 g/mol. The summed E-state index contributed by atoms with van der Waals surface area (Å²) in [5.74, 6) is 0. The van der Waals surface area contributed by atoms with Gasteiger partial charge in [0.15, 0.2) is 0 Å². The number of rotatable bonds is 15. The van der Waals surface area contributed by atoms with Crippen molar-refractivity contribution in [2.75, 3.05) is 6.61 Å². The van der Waals surface area contributed by atoms with Crippen molar-refractivity contribution in [3.05, 3.63) is 0 Å². The molecule has 0 saturated carbocycles. The van der Waals surface area contributed by atoms with Gasteiger partial charge in [0, 0.05) is 6.61 Å². The van der Waals surface area contributed by atoms with Gasteiger partial charge in [0.05, 0.1) is 12.2 Å². The van der Waals surface area contributed by atoms with Crippen LogP contribution in [0.3, 0.4) is 0 Å². The lowest BCUT2D eigenvalue weighted by atomic mass is 10.0. The SMILES string of the molecule is CCCCCCCCCCC[C@@H]1O[C@H]1CCCCCO. The number of aliphatic hydroxyl groups excluding tert-OH is 1. The summed E-state index contributed by atoms with van der Waals surface area (Å²) < 4.78 is 5.71. The molecule has 1 N–H and O–H groups in total. The van der Waals surface area contributed by atoms with Crippen LogP contribution in [-0.2, 0) is 4.74 Å². The molecule has 2 atom stereocenters. The third kappa shape index (κ3) is 9.77. The van der Waals surface area contributed by atoms with Crippen LogP contribution in [0.2, 0.25) is 0 Å². The number of hydrogen-bond acceptors (Lipinski definition) is 2. The fourth-order valence-electron chi connectivity index (χ4n) is 2.98. The Bertz CT molecular complexity index is 206. The van der Waals surface area contributed by atoms with Crippen LogP contribution >= 0.6 is 0 Å². The van der Waals surface area contributed by atoms with Gasteiger partial charge in [0.1, 0.15) is 0 Å². The van der Waals surface area contributed by atoms with E-state index in [0.717, 1.165) is 12.8 Å². The summed E-state index contributed by atoms with van der Waals surface area (Å²) in [7, 11) is 0. The van der Waals surface area contributed by atoms with E-state index >= 15 is 0 Å². The van der Waals surface area contributed by atoms with Crippen molar-refractivity contribution >= 4 is 0 Å². The van der Waals surface area contributed by atoms with E-state index in [4.69, 9.17) is 9.84 Å². The maximum absolute atomic E-state index is 8.72. The van der Waals surface area contributed by atoms with Crippen molar-refractivity contribution in [3.8, 4) is 0 Å². The molecule has 120 valence electrons. The molecule has 1 rings (SSSR count). The zero-order valence-electron chi connectivity index (χ0n) is 13.6. The number of hydrogen-bond donors (Lipinski definition) is 1. The fourth-order valence-corrected chi connectivity index (χ4v) is 2.98. The number of ether oxygens (including phenoxy) is 1. The minimum absolute atomic E-state index is 0.341. The second kappa shape index (κ2) is 12.6. The van der Waals surface area contributed by atoms with Gasteiger partial charge in [-0.25, -0.2) is 0 Å². The van der Waals surface area contributed by atoms with Crippen molar-refractivity contribution in [1.29, 1.82) is 0 Å². The van der Waals surface area contributed by atoms with E-state index < -0.39 is 0 Å². The molecule has 0 unspecified atom stereocenters. The maximum Gasteiger partial charge on any atom is 0.0841 e.